The minimum Gasteiger partial charge on any atom is -0.468 e. The van der Waals surface area contributed by atoms with Gasteiger partial charge in [0.15, 0.2) is 0 Å². The van der Waals surface area contributed by atoms with Gasteiger partial charge in [0.05, 0.1) is 17.7 Å². The highest BCUT2D eigenvalue weighted by atomic mass is 32.2. The van der Waals surface area contributed by atoms with E-state index < -0.39 is 22.5 Å². The number of rotatable bonds is 9. The van der Waals surface area contributed by atoms with Gasteiger partial charge in [-0.15, -0.1) is 0 Å². The molecule has 10 heteroatoms. The number of alkyl halides is 2. The van der Waals surface area contributed by atoms with Crippen molar-refractivity contribution in [3.8, 4) is 5.75 Å². The van der Waals surface area contributed by atoms with Crippen LogP contribution in [0.4, 0.5) is 8.78 Å². The molecule has 31 heavy (non-hydrogen) atoms. The van der Waals surface area contributed by atoms with Crippen molar-refractivity contribution in [2.45, 2.75) is 31.5 Å². The first-order chi connectivity index (χ1) is 14.8. The lowest BCUT2D eigenvalue weighted by Gasteiger charge is -2.13. The molecule has 7 nitrogen and oxygen atoms in total. The summed E-state index contributed by atoms with van der Waals surface area (Å²) in [5.41, 5.74) is 1.06. The second-order valence-electron chi connectivity index (χ2n) is 6.55. The van der Waals surface area contributed by atoms with E-state index in [1.54, 1.807) is 31.2 Å². The topological polar surface area (TPSA) is 97.6 Å². The summed E-state index contributed by atoms with van der Waals surface area (Å²) in [6.45, 7) is -1.44. The number of hydrogen-bond donors (Lipinski definition) is 2. The lowest BCUT2D eigenvalue weighted by molar-refractivity contribution is -0.0504. The number of ether oxygens (including phenoxy) is 1. The predicted molar refractivity (Wildman–Crippen MR) is 108 cm³/mol. The van der Waals surface area contributed by atoms with Crippen LogP contribution in [0.5, 0.6) is 5.75 Å². The van der Waals surface area contributed by atoms with Crippen LogP contribution in [0.2, 0.25) is 0 Å². The van der Waals surface area contributed by atoms with Crippen molar-refractivity contribution in [1.29, 1.82) is 0 Å². The fourth-order valence-corrected chi connectivity index (χ4v) is 3.83. The molecule has 1 amide bonds. The molecule has 3 rings (SSSR count). The molecule has 0 unspecified atom stereocenters. The molecular weight excluding hydrogens is 430 g/mol. The van der Waals surface area contributed by atoms with Gasteiger partial charge < -0.3 is 14.5 Å². The average molecular weight is 450 g/mol. The van der Waals surface area contributed by atoms with E-state index in [2.05, 4.69) is 14.8 Å². The molecule has 0 saturated heterocycles. The Kier molecular flexibility index (Phi) is 7.03. The van der Waals surface area contributed by atoms with Crippen LogP contribution in [0.15, 0.2) is 70.2 Å². The van der Waals surface area contributed by atoms with E-state index in [0.717, 1.165) is 0 Å². The standard InChI is InChI=1S/C21H20F2N2O5S/c1-14-8-9-17(31(27,28)25-13-16-6-4-10-29-16)11-18(14)20(26)24-12-15-5-2-3-7-19(15)30-21(22)23/h2-11,21,25H,12-13H2,1H3,(H,24,26). The van der Waals surface area contributed by atoms with Gasteiger partial charge in [0.1, 0.15) is 11.5 Å². The van der Waals surface area contributed by atoms with Crippen molar-refractivity contribution in [3.05, 3.63) is 83.3 Å². The highest BCUT2D eigenvalue weighted by Crippen LogP contribution is 2.21. The predicted octanol–water partition coefficient (Wildman–Crippen LogP) is 3.60. The zero-order chi connectivity index (χ0) is 22.4. The Morgan fingerprint density at radius 2 is 1.87 bits per heavy atom. The molecule has 0 radical (unpaired) electrons. The average Bonchev–Trinajstić information content (AvgIpc) is 3.25. The van der Waals surface area contributed by atoms with Crippen molar-refractivity contribution in [2.24, 2.45) is 0 Å². The Labute approximate surface area is 178 Å². The number of hydrogen-bond acceptors (Lipinski definition) is 5. The quantitative estimate of drug-likeness (QED) is 0.519. The van der Waals surface area contributed by atoms with Crippen LogP contribution in [0.3, 0.4) is 0 Å². The maximum Gasteiger partial charge on any atom is 0.387 e. The summed E-state index contributed by atoms with van der Waals surface area (Å²) >= 11 is 0. The summed E-state index contributed by atoms with van der Waals surface area (Å²) in [4.78, 5) is 12.6. The Hall–Kier alpha value is -3.24. The third kappa shape index (κ3) is 5.89. The summed E-state index contributed by atoms with van der Waals surface area (Å²) in [5.74, 6) is -0.154. The third-order valence-corrected chi connectivity index (χ3v) is 5.81. The maximum atomic E-state index is 12.7. The Morgan fingerprint density at radius 3 is 2.58 bits per heavy atom. The molecule has 0 saturated carbocycles. The fraction of sp³-hybridized carbons (Fsp3) is 0.190. The van der Waals surface area contributed by atoms with E-state index in [-0.39, 0.29) is 29.3 Å². The largest absolute Gasteiger partial charge is 0.468 e. The van der Waals surface area contributed by atoms with Crippen LogP contribution < -0.4 is 14.8 Å². The van der Waals surface area contributed by atoms with Gasteiger partial charge in [0, 0.05) is 17.7 Å². The van der Waals surface area contributed by atoms with E-state index in [0.29, 0.717) is 16.9 Å². The summed E-state index contributed by atoms with van der Waals surface area (Å²) in [6.07, 6.45) is 1.43. The number of sulfonamides is 1. The lowest BCUT2D eigenvalue weighted by Crippen LogP contribution is -2.26. The van der Waals surface area contributed by atoms with Crippen LogP contribution in [0, 0.1) is 6.92 Å². The van der Waals surface area contributed by atoms with E-state index in [4.69, 9.17) is 4.42 Å². The van der Waals surface area contributed by atoms with Crippen molar-refractivity contribution < 1.29 is 31.1 Å². The second kappa shape index (κ2) is 9.71. The molecule has 3 aromatic rings. The van der Waals surface area contributed by atoms with E-state index in [1.165, 1.54) is 36.6 Å². The van der Waals surface area contributed by atoms with Gasteiger partial charge in [0.25, 0.3) is 5.91 Å². The molecule has 1 heterocycles. The number of halogens is 2. The first kappa shape index (κ1) is 22.4. The van der Waals surface area contributed by atoms with Gasteiger partial charge in [-0.1, -0.05) is 24.3 Å². The normalized spacial score (nSPS) is 11.5. The molecule has 0 aliphatic rings. The Morgan fingerprint density at radius 1 is 1.10 bits per heavy atom. The smallest absolute Gasteiger partial charge is 0.387 e. The monoisotopic (exact) mass is 450 g/mol. The van der Waals surface area contributed by atoms with Gasteiger partial charge in [-0.05, 0) is 42.8 Å². The highest BCUT2D eigenvalue weighted by Gasteiger charge is 2.19. The molecule has 0 bridgehead atoms. The lowest BCUT2D eigenvalue weighted by atomic mass is 10.1. The molecule has 2 aromatic carbocycles. The second-order valence-corrected chi connectivity index (χ2v) is 8.32. The van der Waals surface area contributed by atoms with Gasteiger partial charge >= 0.3 is 6.61 Å². The van der Waals surface area contributed by atoms with E-state index >= 15 is 0 Å². The summed E-state index contributed by atoms with van der Waals surface area (Å²) in [6, 6.07) is 13.5. The van der Waals surface area contributed by atoms with Crippen molar-refractivity contribution in [3.63, 3.8) is 0 Å². The minimum atomic E-state index is -3.89. The van der Waals surface area contributed by atoms with Gasteiger partial charge in [0.2, 0.25) is 10.0 Å². The highest BCUT2D eigenvalue weighted by molar-refractivity contribution is 7.89. The van der Waals surface area contributed by atoms with Crippen LogP contribution in [0.1, 0.15) is 27.2 Å². The van der Waals surface area contributed by atoms with Crippen LogP contribution >= 0.6 is 0 Å². The molecule has 1 aromatic heterocycles. The van der Waals surface area contributed by atoms with E-state index in [9.17, 15) is 22.0 Å². The molecule has 0 aliphatic heterocycles. The van der Waals surface area contributed by atoms with Gasteiger partial charge in [-0.25, -0.2) is 13.1 Å². The SMILES string of the molecule is Cc1ccc(S(=O)(=O)NCc2ccco2)cc1C(=O)NCc1ccccc1OC(F)F. The number of furan rings is 1. The van der Waals surface area contributed by atoms with E-state index in [1.807, 2.05) is 0 Å². The first-order valence-electron chi connectivity index (χ1n) is 9.20. The van der Waals surface area contributed by atoms with Crippen molar-refractivity contribution >= 4 is 15.9 Å². The molecule has 0 atom stereocenters. The number of carbonyl (C=O) groups is 1. The number of benzene rings is 2. The number of carbonyl (C=O) groups excluding carboxylic acids is 1. The number of aryl methyl sites for hydroxylation is 1. The molecule has 0 spiro atoms. The van der Waals surface area contributed by atoms with Gasteiger partial charge in [-0.3, -0.25) is 4.79 Å². The number of nitrogens with one attached hydrogen (secondary N) is 2. The molecule has 0 aliphatic carbocycles. The third-order valence-electron chi connectivity index (χ3n) is 4.41. The fourth-order valence-electron chi connectivity index (χ4n) is 2.81. The maximum absolute atomic E-state index is 12.7. The first-order valence-corrected chi connectivity index (χ1v) is 10.7. The Bertz CT molecular complexity index is 1150. The molecule has 0 fully saturated rings. The summed E-state index contributed by atoms with van der Waals surface area (Å²) in [5, 5.41) is 2.61. The van der Waals surface area contributed by atoms with Gasteiger partial charge in [-0.2, -0.15) is 8.78 Å². The van der Waals surface area contributed by atoms with Crippen LogP contribution in [-0.2, 0) is 23.1 Å². The molecule has 164 valence electrons. The number of para-hydroxylation sites is 1. The Balaban J connectivity index is 1.73. The summed E-state index contributed by atoms with van der Waals surface area (Å²) in [7, 11) is -3.89. The van der Waals surface area contributed by atoms with Crippen LogP contribution in [-0.4, -0.2) is 20.9 Å². The zero-order valence-corrected chi connectivity index (χ0v) is 17.3. The molecular formula is C21H20F2N2O5S. The van der Waals surface area contributed by atoms with Crippen molar-refractivity contribution in [1.82, 2.24) is 10.0 Å². The number of amides is 1. The van der Waals surface area contributed by atoms with Crippen molar-refractivity contribution in [2.75, 3.05) is 0 Å². The zero-order valence-electron chi connectivity index (χ0n) is 16.5. The summed E-state index contributed by atoms with van der Waals surface area (Å²) < 4.78 is 62.2. The minimum absolute atomic E-state index is 0.0361. The molecule has 2 N–H and O–H groups in total. The van der Waals surface area contributed by atoms with Crippen LogP contribution in [0.25, 0.3) is 0 Å².